The molecule has 2 aromatic rings. The van der Waals surface area contributed by atoms with Crippen LogP contribution in [-0.2, 0) is 4.79 Å². The fourth-order valence-electron chi connectivity index (χ4n) is 3.04. The van der Waals surface area contributed by atoms with Crippen molar-refractivity contribution in [2.45, 2.75) is 37.8 Å². The van der Waals surface area contributed by atoms with Crippen LogP contribution in [-0.4, -0.2) is 22.9 Å². The molecule has 0 unspecified atom stereocenters. The van der Waals surface area contributed by atoms with E-state index >= 15 is 0 Å². The van der Waals surface area contributed by atoms with Crippen molar-refractivity contribution in [1.29, 1.82) is 0 Å². The number of hydrogen-bond acceptors (Lipinski definition) is 4. The van der Waals surface area contributed by atoms with Gasteiger partial charge in [-0.2, -0.15) is 0 Å². The number of amides is 1. The van der Waals surface area contributed by atoms with Gasteiger partial charge in [-0.15, -0.1) is 11.3 Å². The van der Waals surface area contributed by atoms with Crippen LogP contribution >= 0.6 is 11.3 Å². The Bertz CT molecular complexity index is 724. The largest absolute Gasteiger partial charge is 0.393 e. The van der Waals surface area contributed by atoms with Gasteiger partial charge in [-0.1, -0.05) is 6.07 Å². The predicted octanol–water partition coefficient (Wildman–Crippen LogP) is 3.48. The van der Waals surface area contributed by atoms with Crippen molar-refractivity contribution in [2.24, 2.45) is 5.92 Å². The topological polar surface area (TPSA) is 66.4 Å². The number of thiophene rings is 1. The summed E-state index contributed by atoms with van der Waals surface area (Å²) in [6, 6.07) is 9.14. The van der Waals surface area contributed by atoms with Crippen LogP contribution < -0.4 is 5.32 Å². The number of aliphatic hydroxyl groups excluding tert-OH is 1. The Hall–Kier alpha value is -2.05. The lowest BCUT2D eigenvalue weighted by atomic mass is 9.76. The Kier molecular flexibility index (Phi) is 5.60. The van der Waals surface area contributed by atoms with Crippen LogP contribution in [0.15, 0.2) is 41.8 Å². The lowest BCUT2D eigenvalue weighted by molar-refractivity contribution is -0.123. The monoisotopic (exact) mass is 361 g/mol. The van der Waals surface area contributed by atoms with Gasteiger partial charge in [-0.3, -0.25) is 9.59 Å². The minimum Gasteiger partial charge on any atom is -0.393 e. The van der Waals surface area contributed by atoms with Gasteiger partial charge in [-0.05, 0) is 54.5 Å². The third-order valence-electron chi connectivity index (χ3n) is 4.53. The first-order chi connectivity index (χ1) is 12.0. The third kappa shape index (κ3) is 4.52. The molecule has 3 rings (SSSR count). The summed E-state index contributed by atoms with van der Waals surface area (Å²) in [6.45, 7) is 0. The van der Waals surface area contributed by atoms with E-state index in [9.17, 15) is 19.1 Å². The van der Waals surface area contributed by atoms with Crippen molar-refractivity contribution in [3.05, 3.63) is 58.0 Å². The van der Waals surface area contributed by atoms with E-state index in [1.807, 2.05) is 17.5 Å². The van der Waals surface area contributed by atoms with Gasteiger partial charge in [0.25, 0.3) is 0 Å². The SMILES string of the molecule is O=C(CCC(=O)c1ccc(F)cc1)N[C@H](c1cccs1)C1CC(O)C1. The normalized spacial score (nSPS) is 20.6. The molecule has 1 saturated carbocycles. The second-order valence-corrected chi connectivity index (χ2v) is 7.36. The Morgan fingerprint density at radius 2 is 1.92 bits per heavy atom. The summed E-state index contributed by atoms with van der Waals surface area (Å²) >= 11 is 1.58. The molecular formula is C19H20FNO3S. The minimum absolute atomic E-state index is 0.0852. The molecule has 0 aliphatic heterocycles. The van der Waals surface area contributed by atoms with Crippen molar-refractivity contribution >= 4 is 23.0 Å². The number of halogens is 1. The molecule has 1 fully saturated rings. The molecule has 0 bridgehead atoms. The highest BCUT2D eigenvalue weighted by Gasteiger charge is 2.36. The Labute approximate surface area is 149 Å². The predicted molar refractivity (Wildman–Crippen MR) is 93.9 cm³/mol. The van der Waals surface area contributed by atoms with Crippen LogP contribution in [0.25, 0.3) is 0 Å². The lowest BCUT2D eigenvalue weighted by Crippen LogP contribution is -2.41. The molecule has 1 aliphatic carbocycles. The molecule has 132 valence electrons. The second kappa shape index (κ2) is 7.89. The molecule has 0 spiro atoms. The maximum absolute atomic E-state index is 12.9. The van der Waals surface area contributed by atoms with Gasteiger partial charge < -0.3 is 10.4 Å². The highest BCUT2D eigenvalue weighted by Crippen LogP contribution is 2.39. The third-order valence-corrected chi connectivity index (χ3v) is 5.49. The van der Waals surface area contributed by atoms with Crippen LogP contribution in [0.3, 0.4) is 0 Å². The minimum atomic E-state index is -0.393. The van der Waals surface area contributed by atoms with Crippen LogP contribution in [0, 0.1) is 11.7 Å². The standard InChI is InChI=1S/C19H20FNO3S/c20-14-5-3-12(4-6-14)16(23)7-8-18(24)21-19(13-10-15(22)11-13)17-2-1-9-25-17/h1-6,9,13,15,19,22H,7-8,10-11H2,(H,21,24)/t13?,15?,19-/m0/s1. The molecule has 0 saturated heterocycles. The van der Waals surface area contributed by atoms with E-state index in [1.165, 1.54) is 24.3 Å². The smallest absolute Gasteiger partial charge is 0.220 e. The average Bonchev–Trinajstić information content (AvgIpc) is 3.10. The van der Waals surface area contributed by atoms with Crippen molar-refractivity contribution in [2.75, 3.05) is 0 Å². The zero-order valence-electron chi connectivity index (χ0n) is 13.7. The first-order valence-electron chi connectivity index (χ1n) is 8.32. The summed E-state index contributed by atoms with van der Waals surface area (Å²) < 4.78 is 12.9. The fraction of sp³-hybridized carbons (Fsp3) is 0.368. The first kappa shape index (κ1) is 17.8. The summed E-state index contributed by atoms with van der Waals surface area (Å²) in [4.78, 5) is 25.4. The van der Waals surface area contributed by atoms with E-state index in [2.05, 4.69) is 5.32 Å². The summed E-state index contributed by atoms with van der Waals surface area (Å²) in [7, 11) is 0. The van der Waals surface area contributed by atoms with Gasteiger partial charge in [0.05, 0.1) is 12.1 Å². The summed E-state index contributed by atoms with van der Waals surface area (Å²) in [6.07, 6.45) is 1.24. The molecule has 6 heteroatoms. The molecule has 0 radical (unpaired) electrons. The molecule has 1 aromatic heterocycles. The molecule has 25 heavy (non-hydrogen) atoms. The van der Waals surface area contributed by atoms with E-state index in [0.29, 0.717) is 18.4 Å². The molecule has 1 heterocycles. The number of Topliss-reactive ketones (excluding diaryl/α,β-unsaturated/α-hetero) is 1. The van der Waals surface area contributed by atoms with Gasteiger partial charge >= 0.3 is 0 Å². The Balaban J connectivity index is 1.55. The fourth-order valence-corrected chi connectivity index (χ4v) is 3.91. The highest BCUT2D eigenvalue weighted by atomic mass is 32.1. The number of nitrogens with one attached hydrogen (secondary N) is 1. The van der Waals surface area contributed by atoms with E-state index < -0.39 is 5.82 Å². The van der Waals surface area contributed by atoms with Crippen LogP contribution in [0.5, 0.6) is 0 Å². The van der Waals surface area contributed by atoms with E-state index in [-0.39, 0.29) is 42.6 Å². The number of aliphatic hydroxyl groups is 1. The molecule has 1 aromatic carbocycles. The van der Waals surface area contributed by atoms with Crippen molar-refractivity contribution < 1.29 is 19.1 Å². The Morgan fingerprint density at radius 3 is 2.52 bits per heavy atom. The van der Waals surface area contributed by atoms with Gasteiger partial charge in [-0.25, -0.2) is 4.39 Å². The van der Waals surface area contributed by atoms with E-state index in [4.69, 9.17) is 0 Å². The lowest BCUT2D eigenvalue weighted by Gasteiger charge is -2.37. The van der Waals surface area contributed by atoms with Crippen LogP contribution in [0.4, 0.5) is 4.39 Å². The van der Waals surface area contributed by atoms with Gasteiger partial charge in [0.1, 0.15) is 5.82 Å². The summed E-state index contributed by atoms with van der Waals surface area (Å²) in [5, 5.41) is 14.5. The number of hydrogen-bond donors (Lipinski definition) is 2. The zero-order valence-corrected chi connectivity index (χ0v) is 14.5. The molecule has 1 aliphatic rings. The average molecular weight is 361 g/mol. The first-order valence-corrected chi connectivity index (χ1v) is 9.20. The maximum Gasteiger partial charge on any atom is 0.220 e. The molecule has 1 amide bonds. The Morgan fingerprint density at radius 1 is 1.20 bits per heavy atom. The number of carbonyl (C=O) groups is 2. The van der Waals surface area contributed by atoms with Crippen LogP contribution in [0.1, 0.15) is 47.0 Å². The molecule has 2 N–H and O–H groups in total. The highest BCUT2D eigenvalue weighted by molar-refractivity contribution is 7.10. The summed E-state index contributed by atoms with van der Waals surface area (Å²) in [5.74, 6) is -0.529. The van der Waals surface area contributed by atoms with Gasteiger partial charge in [0.15, 0.2) is 5.78 Å². The molecule has 1 atom stereocenters. The quantitative estimate of drug-likeness (QED) is 0.742. The van der Waals surface area contributed by atoms with E-state index in [0.717, 1.165) is 4.88 Å². The van der Waals surface area contributed by atoms with Crippen molar-refractivity contribution in [1.82, 2.24) is 5.32 Å². The van der Waals surface area contributed by atoms with Crippen molar-refractivity contribution in [3.8, 4) is 0 Å². The number of benzene rings is 1. The molecular weight excluding hydrogens is 341 g/mol. The van der Waals surface area contributed by atoms with Gasteiger partial charge in [0.2, 0.25) is 5.91 Å². The number of carbonyl (C=O) groups excluding carboxylic acids is 2. The number of rotatable bonds is 7. The zero-order chi connectivity index (χ0) is 17.8. The van der Waals surface area contributed by atoms with Crippen molar-refractivity contribution in [3.63, 3.8) is 0 Å². The maximum atomic E-state index is 12.9. The van der Waals surface area contributed by atoms with Crippen LogP contribution in [0.2, 0.25) is 0 Å². The number of ketones is 1. The summed E-state index contributed by atoms with van der Waals surface area (Å²) in [5.41, 5.74) is 0.408. The second-order valence-electron chi connectivity index (χ2n) is 6.38. The molecule has 4 nitrogen and oxygen atoms in total. The van der Waals surface area contributed by atoms with Gasteiger partial charge in [0, 0.05) is 23.3 Å². The van der Waals surface area contributed by atoms with E-state index in [1.54, 1.807) is 11.3 Å².